The van der Waals surface area contributed by atoms with Gasteiger partial charge in [0.15, 0.2) is 0 Å². The second-order valence-corrected chi connectivity index (χ2v) is 5.87. The molecule has 1 fully saturated rings. The fraction of sp³-hybridized carbons (Fsp3) is 0.500. The Morgan fingerprint density at radius 2 is 2.26 bits per heavy atom. The quantitative estimate of drug-likeness (QED) is 0.894. The van der Waals surface area contributed by atoms with Crippen LogP contribution in [0.4, 0.5) is 0 Å². The average Bonchev–Trinajstić information content (AvgIpc) is 2.41. The van der Waals surface area contributed by atoms with Gasteiger partial charge in [-0.2, -0.15) is 0 Å². The van der Waals surface area contributed by atoms with Crippen LogP contribution in [-0.2, 0) is 0 Å². The number of halogens is 2. The normalized spacial score (nSPS) is 18.9. The summed E-state index contributed by atoms with van der Waals surface area (Å²) >= 11 is 3.42. The van der Waals surface area contributed by atoms with Crippen LogP contribution in [0.3, 0.4) is 0 Å². The molecule has 1 aromatic carbocycles. The van der Waals surface area contributed by atoms with Gasteiger partial charge in [0.2, 0.25) is 0 Å². The lowest BCUT2D eigenvalue weighted by Gasteiger charge is -2.32. The molecule has 0 bridgehead atoms. The minimum atomic E-state index is 0. The van der Waals surface area contributed by atoms with Crippen molar-refractivity contribution in [3.05, 3.63) is 33.8 Å². The molecule has 1 saturated heterocycles. The molecule has 0 radical (unpaired) electrons. The maximum absolute atomic E-state index is 12.5. The molecule has 1 heterocycles. The minimum Gasteiger partial charge on any atom is -0.338 e. The first-order valence-electron chi connectivity index (χ1n) is 6.37. The summed E-state index contributed by atoms with van der Waals surface area (Å²) in [5, 5.41) is 0. The van der Waals surface area contributed by atoms with Crippen molar-refractivity contribution >= 4 is 34.2 Å². The van der Waals surface area contributed by atoms with Crippen LogP contribution in [0.5, 0.6) is 0 Å². The van der Waals surface area contributed by atoms with Gasteiger partial charge in [-0.1, -0.05) is 22.0 Å². The molecule has 1 amide bonds. The summed E-state index contributed by atoms with van der Waals surface area (Å²) in [6, 6.07) is 5.84. The molecule has 0 saturated carbocycles. The summed E-state index contributed by atoms with van der Waals surface area (Å²) in [6.45, 7) is 4.29. The van der Waals surface area contributed by atoms with Gasteiger partial charge in [0.25, 0.3) is 5.91 Å². The van der Waals surface area contributed by atoms with Gasteiger partial charge in [-0.05, 0) is 49.9 Å². The van der Waals surface area contributed by atoms with E-state index in [0.29, 0.717) is 12.5 Å². The predicted octanol–water partition coefficient (Wildman–Crippen LogP) is 2.99. The molecule has 0 spiro atoms. The number of hydrogen-bond donors (Lipinski definition) is 1. The van der Waals surface area contributed by atoms with Gasteiger partial charge in [-0.15, -0.1) is 12.4 Å². The number of nitrogens with two attached hydrogens (primary N) is 1. The van der Waals surface area contributed by atoms with Crippen LogP contribution in [0.2, 0.25) is 0 Å². The molecular weight excluding hydrogens is 328 g/mol. The number of rotatable bonds is 2. The summed E-state index contributed by atoms with van der Waals surface area (Å²) in [6.07, 6.45) is 2.19. The van der Waals surface area contributed by atoms with E-state index < -0.39 is 0 Å². The molecule has 1 aliphatic rings. The van der Waals surface area contributed by atoms with Crippen molar-refractivity contribution in [3.8, 4) is 0 Å². The molecule has 1 atom stereocenters. The first-order valence-corrected chi connectivity index (χ1v) is 7.16. The van der Waals surface area contributed by atoms with E-state index in [-0.39, 0.29) is 18.3 Å². The van der Waals surface area contributed by atoms with Crippen molar-refractivity contribution in [1.29, 1.82) is 0 Å². The SMILES string of the molecule is Cc1ccc(Br)cc1C(=O)N1CCCC(CN)C1.Cl. The number of aryl methyl sites for hydroxylation is 1. The average molecular weight is 348 g/mol. The van der Waals surface area contributed by atoms with Crippen LogP contribution in [0.1, 0.15) is 28.8 Å². The molecule has 1 unspecified atom stereocenters. The second kappa shape index (κ2) is 7.27. The highest BCUT2D eigenvalue weighted by atomic mass is 79.9. The summed E-state index contributed by atoms with van der Waals surface area (Å²) in [4.78, 5) is 14.4. The second-order valence-electron chi connectivity index (χ2n) is 4.95. The molecule has 1 aliphatic heterocycles. The fourth-order valence-corrected chi connectivity index (χ4v) is 2.80. The van der Waals surface area contributed by atoms with E-state index in [4.69, 9.17) is 5.73 Å². The van der Waals surface area contributed by atoms with Crippen LogP contribution in [-0.4, -0.2) is 30.4 Å². The first kappa shape index (κ1) is 16.5. The van der Waals surface area contributed by atoms with Crippen molar-refractivity contribution in [2.45, 2.75) is 19.8 Å². The standard InChI is InChI=1S/C14H19BrN2O.ClH/c1-10-4-5-12(15)7-13(10)14(18)17-6-2-3-11(8-16)9-17;/h4-5,7,11H,2-3,6,8-9,16H2,1H3;1H. The van der Waals surface area contributed by atoms with Crippen molar-refractivity contribution in [2.75, 3.05) is 19.6 Å². The van der Waals surface area contributed by atoms with E-state index in [1.54, 1.807) is 0 Å². The Labute approximate surface area is 129 Å². The van der Waals surface area contributed by atoms with Gasteiger partial charge < -0.3 is 10.6 Å². The van der Waals surface area contributed by atoms with Gasteiger partial charge in [-0.3, -0.25) is 4.79 Å². The maximum Gasteiger partial charge on any atom is 0.254 e. The third kappa shape index (κ3) is 3.94. The smallest absolute Gasteiger partial charge is 0.254 e. The number of carbonyl (C=O) groups excluding carboxylic acids is 1. The summed E-state index contributed by atoms with van der Waals surface area (Å²) in [5.74, 6) is 0.585. The highest BCUT2D eigenvalue weighted by molar-refractivity contribution is 9.10. The number of piperidine rings is 1. The highest BCUT2D eigenvalue weighted by Crippen LogP contribution is 2.21. The molecular formula is C14H20BrClN2O. The molecule has 0 aromatic heterocycles. The Morgan fingerprint density at radius 3 is 2.95 bits per heavy atom. The minimum absolute atomic E-state index is 0. The van der Waals surface area contributed by atoms with Crippen LogP contribution in [0.25, 0.3) is 0 Å². The molecule has 3 nitrogen and oxygen atoms in total. The molecule has 1 aromatic rings. The van der Waals surface area contributed by atoms with E-state index in [0.717, 1.165) is 41.5 Å². The zero-order valence-electron chi connectivity index (χ0n) is 11.1. The number of likely N-dealkylation sites (tertiary alicyclic amines) is 1. The van der Waals surface area contributed by atoms with Crippen LogP contribution in [0.15, 0.2) is 22.7 Å². The van der Waals surface area contributed by atoms with Crippen LogP contribution in [0, 0.1) is 12.8 Å². The highest BCUT2D eigenvalue weighted by Gasteiger charge is 2.24. The lowest BCUT2D eigenvalue weighted by atomic mass is 9.97. The molecule has 2 rings (SSSR count). The molecule has 106 valence electrons. The molecule has 5 heteroatoms. The molecule has 2 N–H and O–H groups in total. The zero-order valence-corrected chi connectivity index (χ0v) is 13.5. The number of benzene rings is 1. The number of nitrogens with zero attached hydrogens (tertiary/aromatic N) is 1. The number of hydrogen-bond acceptors (Lipinski definition) is 2. The number of amides is 1. The topological polar surface area (TPSA) is 46.3 Å². The van der Waals surface area contributed by atoms with Gasteiger partial charge in [-0.25, -0.2) is 0 Å². The summed E-state index contributed by atoms with van der Waals surface area (Å²) < 4.78 is 0.948. The van der Waals surface area contributed by atoms with Crippen molar-refractivity contribution in [1.82, 2.24) is 4.90 Å². The Hall–Kier alpha value is -0.580. The van der Waals surface area contributed by atoms with Crippen LogP contribution >= 0.6 is 28.3 Å². The van der Waals surface area contributed by atoms with E-state index in [1.165, 1.54) is 0 Å². The van der Waals surface area contributed by atoms with Crippen molar-refractivity contribution < 1.29 is 4.79 Å². The number of carbonyl (C=O) groups is 1. The van der Waals surface area contributed by atoms with Crippen molar-refractivity contribution in [2.24, 2.45) is 11.7 Å². The lowest BCUT2D eigenvalue weighted by molar-refractivity contribution is 0.0677. The van der Waals surface area contributed by atoms with E-state index >= 15 is 0 Å². The van der Waals surface area contributed by atoms with E-state index in [2.05, 4.69) is 15.9 Å². The molecule has 0 aliphatic carbocycles. The van der Waals surface area contributed by atoms with Crippen LogP contribution < -0.4 is 5.73 Å². The van der Waals surface area contributed by atoms with E-state index in [1.807, 2.05) is 30.0 Å². The monoisotopic (exact) mass is 346 g/mol. The first-order chi connectivity index (χ1) is 8.61. The summed E-state index contributed by atoms with van der Waals surface area (Å²) in [7, 11) is 0. The molecule has 19 heavy (non-hydrogen) atoms. The van der Waals surface area contributed by atoms with Gasteiger partial charge in [0.1, 0.15) is 0 Å². The Morgan fingerprint density at radius 1 is 1.53 bits per heavy atom. The predicted molar refractivity (Wildman–Crippen MR) is 83.8 cm³/mol. The Balaban J connectivity index is 0.00000180. The van der Waals surface area contributed by atoms with Gasteiger partial charge in [0.05, 0.1) is 0 Å². The van der Waals surface area contributed by atoms with Gasteiger partial charge in [0, 0.05) is 23.1 Å². The maximum atomic E-state index is 12.5. The van der Waals surface area contributed by atoms with E-state index in [9.17, 15) is 4.79 Å². The van der Waals surface area contributed by atoms with Crippen molar-refractivity contribution in [3.63, 3.8) is 0 Å². The van der Waals surface area contributed by atoms with Gasteiger partial charge >= 0.3 is 0 Å². The summed E-state index contributed by atoms with van der Waals surface area (Å²) in [5.41, 5.74) is 7.53. The third-order valence-corrected chi connectivity index (χ3v) is 4.06. The zero-order chi connectivity index (χ0) is 13.1. The lowest BCUT2D eigenvalue weighted by Crippen LogP contribution is -2.42. The largest absolute Gasteiger partial charge is 0.338 e. The third-order valence-electron chi connectivity index (χ3n) is 3.57. The Kier molecular flexibility index (Phi) is 6.30. The fourth-order valence-electron chi connectivity index (χ4n) is 2.44. The Bertz CT molecular complexity index is 453.